The van der Waals surface area contributed by atoms with Crippen LogP contribution < -0.4 is 9.64 Å². The number of hydrogen-bond acceptors (Lipinski definition) is 6. The Labute approximate surface area is 241 Å². The van der Waals surface area contributed by atoms with Crippen molar-refractivity contribution in [2.75, 3.05) is 4.90 Å². The van der Waals surface area contributed by atoms with Crippen LogP contribution in [0.4, 0.5) is 10.1 Å². The summed E-state index contributed by atoms with van der Waals surface area (Å²) in [6.45, 7) is 1.29. The Hall–Kier alpha value is -5.17. The van der Waals surface area contributed by atoms with Crippen LogP contribution in [-0.2, 0) is 4.79 Å². The minimum Gasteiger partial charge on any atom is -0.427 e. The lowest BCUT2D eigenvalue weighted by molar-refractivity contribution is -0.131. The summed E-state index contributed by atoms with van der Waals surface area (Å²) < 4.78 is 19.3. The predicted molar refractivity (Wildman–Crippen MR) is 154 cm³/mol. The van der Waals surface area contributed by atoms with Gasteiger partial charge in [-0.25, -0.2) is 4.39 Å². The second kappa shape index (κ2) is 9.45. The SMILES string of the molecule is CC(=O)Oc1ccc(C(=O)[C@H]2[C@@H](c3ccc(F)cc3)C3(C(=O)c4ccccc4C3=O)[C@H]3C=Cc4ccccc4N23)cc1. The van der Waals surface area contributed by atoms with E-state index >= 15 is 0 Å². The summed E-state index contributed by atoms with van der Waals surface area (Å²) >= 11 is 0. The molecular formula is C35H24FNO5. The molecule has 1 spiro atoms. The molecular weight excluding hydrogens is 533 g/mol. The van der Waals surface area contributed by atoms with E-state index in [9.17, 15) is 23.6 Å². The Morgan fingerprint density at radius 3 is 2.07 bits per heavy atom. The van der Waals surface area contributed by atoms with Gasteiger partial charge in [0.25, 0.3) is 0 Å². The molecule has 1 fully saturated rings. The standard InChI is InChI=1S/C35H24FNO5/c1-20(38)42-25-17-12-23(13-18-25)32(39)31-30(22-10-15-24(36)16-11-22)35(33(40)26-7-3-4-8-27(26)34(35)41)29-19-14-21-6-2-5-9-28(21)37(29)31/h2-19,29-31H,1H3/t29-,30-,31-/m1/s1. The summed E-state index contributed by atoms with van der Waals surface area (Å²) in [6, 6.07) is 24.4. The molecule has 3 aliphatic rings. The molecule has 2 aliphatic heterocycles. The highest BCUT2D eigenvalue weighted by Gasteiger charge is 2.71. The van der Waals surface area contributed by atoms with Gasteiger partial charge in [0.1, 0.15) is 23.0 Å². The lowest BCUT2D eigenvalue weighted by Crippen LogP contribution is -2.48. The smallest absolute Gasteiger partial charge is 0.308 e. The number of esters is 1. The number of Topliss-reactive ketones (excluding diaryl/α,β-unsaturated/α-hetero) is 3. The molecule has 0 bridgehead atoms. The van der Waals surface area contributed by atoms with Gasteiger partial charge in [-0.1, -0.05) is 66.7 Å². The average molecular weight is 558 g/mol. The average Bonchev–Trinajstić information content (AvgIpc) is 3.43. The Bertz CT molecular complexity index is 1790. The number of benzene rings is 4. The van der Waals surface area contributed by atoms with Crippen molar-refractivity contribution in [3.8, 4) is 5.75 Å². The van der Waals surface area contributed by atoms with Crippen LogP contribution in [0.5, 0.6) is 5.75 Å². The molecule has 4 aromatic rings. The second-order valence-corrected chi connectivity index (χ2v) is 10.8. The molecule has 0 aromatic heterocycles. The third kappa shape index (κ3) is 3.56. The molecule has 42 heavy (non-hydrogen) atoms. The highest BCUT2D eigenvalue weighted by atomic mass is 19.1. The minimum atomic E-state index is -1.66. The Balaban J connectivity index is 1.48. The molecule has 0 saturated carbocycles. The number of nitrogens with zero attached hydrogens (tertiary/aromatic N) is 1. The zero-order valence-corrected chi connectivity index (χ0v) is 22.5. The first-order chi connectivity index (χ1) is 20.3. The van der Waals surface area contributed by atoms with E-state index in [1.54, 1.807) is 48.5 Å². The number of fused-ring (bicyclic) bond motifs is 5. The maximum atomic E-state index is 14.7. The lowest BCUT2D eigenvalue weighted by atomic mass is 9.64. The zero-order valence-electron chi connectivity index (χ0n) is 22.5. The van der Waals surface area contributed by atoms with Crippen molar-refractivity contribution < 1.29 is 28.3 Å². The van der Waals surface area contributed by atoms with Crippen LogP contribution in [0.15, 0.2) is 103 Å². The van der Waals surface area contributed by atoms with Gasteiger partial charge in [-0.2, -0.15) is 0 Å². The van der Waals surface area contributed by atoms with Crippen LogP contribution in [0.3, 0.4) is 0 Å². The fraction of sp³-hybridized carbons (Fsp3) is 0.143. The molecule has 7 heteroatoms. The van der Waals surface area contributed by atoms with Crippen molar-refractivity contribution in [1.82, 2.24) is 0 Å². The molecule has 7 rings (SSSR count). The molecule has 0 radical (unpaired) electrons. The number of ketones is 3. The third-order valence-electron chi connectivity index (χ3n) is 8.61. The largest absolute Gasteiger partial charge is 0.427 e. The van der Waals surface area contributed by atoms with Crippen molar-refractivity contribution in [2.45, 2.75) is 24.9 Å². The predicted octanol–water partition coefficient (Wildman–Crippen LogP) is 6.07. The number of rotatable bonds is 4. The zero-order chi connectivity index (χ0) is 29.2. The molecule has 0 unspecified atom stereocenters. The summed E-state index contributed by atoms with van der Waals surface area (Å²) in [7, 11) is 0. The van der Waals surface area contributed by atoms with E-state index in [0.717, 1.165) is 11.3 Å². The van der Waals surface area contributed by atoms with E-state index in [1.807, 2.05) is 41.3 Å². The second-order valence-electron chi connectivity index (χ2n) is 10.8. The van der Waals surface area contributed by atoms with E-state index in [0.29, 0.717) is 22.3 Å². The van der Waals surface area contributed by atoms with Gasteiger partial charge in [0.15, 0.2) is 17.3 Å². The number of ether oxygens (including phenoxy) is 1. The Morgan fingerprint density at radius 2 is 1.43 bits per heavy atom. The molecule has 206 valence electrons. The summed E-state index contributed by atoms with van der Waals surface area (Å²) in [4.78, 5) is 57.2. The van der Waals surface area contributed by atoms with Gasteiger partial charge in [-0.05, 0) is 53.6 Å². The maximum Gasteiger partial charge on any atom is 0.308 e. The molecule has 4 aromatic carbocycles. The summed E-state index contributed by atoms with van der Waals surface area (Å²) in [6.07, 6.45) is 3.74. The summed E-state index contributed by atoms with van der Waals surface area (Å²) in [5, 5.41) is 0. The summed E-state index contributed by atoms with van der Waals surface area (Å²) in [5.41, 5.74) is 1.38. The molecule has 0 N–H and O–H groups in total. The Morgan fingerprint density at radius 1 is 0.810 bits per heavy atom. The number of anilines is 1. The number of carbonyl (C=O) groups is 4. The quantitative estimate of drug-likeness (QED) is 0.131. The Kier molecular flexibility index (Phi) is 5.80. The van der Waals surface area contributed by atoms with E-state index in [4.69, 9.17) is 4.74 Å². The first-order valence-electron chi connectivity index (χ1n) is 13.6. The van der Waals surface area contributed by atoms with Gasteiger partial charge >= 0.3 is 5.97 Å². The van der Waals surface area contributed by atoms with Gasteiger partial charge in [-0.3, -0.25) is 19.2 Å². The van der Waals surface area contributed by atoms with Gasteiger partial charge in [-0.15, -0.1) is 0 Å². The van der Waals surface area contributed by atoms with Crippen LogP contribution in [0.25, 0.3) is 6.08 Å². The van der Waals surface area contributed by atoms with Crippen LogP contribution >= 0.6 is 0 Å². The molecule has 0 amide bonds. The first-order valence-corrected chi connectivity index (χ1v) is 13.6. The van der Waals surface area contributed by atoms with Crippen LogP contribution in [0.2, 0.25) is 0 Å². The van der Waals surface area contributed by atoms with Crippen LogP contribution in [-0.4, -0.2) is 35.4 Å². The van der Waals surface area contributed by atoms with Crippen molar-refractivity contribution in [3.05, 3.63) is 137 Å². The summed E-state index contributed by atoms with van der Waals surface area (Å²) in [5.74, 6) is -2.62. The van der Waals surface area contributed by atoms with E-state index in [-0.39, 0.29) is 23.1 Å². The van der Waals surface area contributed by atoms with Gasteiger partial charge in [0.05, 0.1) is 6.04 Å². The van der Waals surface area contributed by atoms with Gasteiger partial charge < -0.3 is 9.64 Å². The van der Waals surface area contributed by atoms with Crippen molar-refractivity contribution in [2.24, 2.45) is 5.41 Å². The van der Waals surface area contributed by atoms with Gasteiger partial charge in [0.2, 0.25) is 0 Å². The third-order valence-corrected chi connectivity index (χ3v) is 8.61. The highest BCUT2D eigenvalue weighted by Crippen LogP contribution is 2.60. The number of carbonyl (C=O) groups excluding carboxylic acids is 4. The van der Waals surface area contributed by atoms with E-state index < -0.39 is 35.2 Å². The molecule has 1 aliphatic carbocycles. The topological polar surface area (TPSA) is 80.8 Å². The maximum absolute atomic E-state index is 14.7. The fourth-order valence-corrected chi connectivity index (χ4v) is 6.98. The lowest BCUT2D eigenvalue weighted by Gasteiger charge is -2.37. The van der Waals surface area contributed by atoms with Crippen LogP contribution in [0, 0.1) is 11.2 Å². The monoisotopic (exact) mass is 557 g/mol. The molecule has 6 nitrogen and oxygen atoms in total. The number of hydrogen-bond donors (Lipinski definition) is 0. The van der Waals surface area contributed by atoms with Crippen molar-refractivity contribution in [3.63, 3.8) is 0 Å². The fourth-order valence-electron chi connectivity index (χ4n) is 6.98. The first kappa shape index (κ1) is 25.8. The van der Waals surface area contributed by atoms with Crippen LogP contribution in [0.1, 0.15) is 55.0 Å². The van der Waals surface area contributed by atoms with E-state index in [1.165, 1.54) is 31.2 Å². The molecule has 3 atom stereocenters. The van der Waals surface area contributed by atoms with Gasteiger partial charge in [0, 0.05) is 35.2 Å². The molecule has 1 saturated heterocycles. The number of para-hydroxylation sites is 1. The van der Waals surface area contributed by atoms with Crippen molar-refractivity contribution in [1.29, 1.82) is 0 Å². The number of halogens is 1. The van der Waals surface area contributed by atoms with E-state index in [2.05, 4.69) is 0 Å². The molecule has 2 heterocycles. The normalized spacial score (nSPS) is 21.2. The minimum absolute atomic E-state index is 0.290. The highest BCUT2D eigenvalue weighted by molar-refractivity contribution is 6.32. The van der Waals surface area contributed by atoms with Crippen molar-refractivity contribution >= 4 is 35.1 Å².